The molecule has 0 spiro atoms. The minimum Gasteiger partial charge on any atom is -0.497 e. The average Bonchev–Trinajstić information content (AvgIpc) is 3.29. The lowest BCUT2D eigenvalue weighted by Gasteiger charge is -2.18. The number of amides is 2. The Bertz CT molecular complexity index is 1240. The number of rotatable bonds is 9. The molecule has 0 aliphatic carbocycles. The molecule has 0 aromatic heterocycles. The van der Waals surface area contributed by atoms with Crippen LogP contribution in [0.1, 0.15) is 12.0 Å². The van der Waals surface area contributed by atoms with E-state index in [0.717, 1.165) is 11.3 Å². The molecule has 1 aliphatic rings. The summed E-state index contributed by atoms with van der Waals surface area (Å²) in [6.07, 6.45) is 0.112. The zero-order chi connectivity index (χ0) is 25.7. The lowest BCUT2D eigenvalue weighted by molar-refractivity contribution is -0.125. The molecule has 0 saturated carbocycles. The normalized spacial score (nSPS) is 14.9. The van der Waals surface area contributed by atoms with Gasteiger partial charge in [0.2, 0.25) is 11.8 Å². The zero-order valence-electron chi connectivity index (χ0n) is 19.7. The van der Waals surface area contributed by atoms with Crippen molar-refractivity contribution in [2.24, 2.45) is 5.92 Å². The number of halogens is 2. The van der Waals surface area contributed by atoms with Crippen LogP contribution in [0.2, 0.25) is 10.0 Å². The maximum atomic E-state index is 12.8. The SMILES string of the molecule is COc1ccc(N2C[C@H](C(=O)NNc3cc(Cl)c(OCc4ccc(Cl)cc4)c(OC)c3)CC2=O)cc1. The molecule has 3 aromatic carbocycles. The van der Waals surface area contributed by atoms with E-state index in [1.807, 2.05) is 12.1 Å². The third-order valence-electron chi connectivity index (χ3n) is 5.74. The molecule has 1 aliphatic heterocycles. The number of ether oxygens (including phenoxy) is 3. The molecule has 1 saturated heterocycles. The van der Waals surface area contributed by atoms with Gasteiger partial charge in [0.05, 0.1) is 30.8 Å². The van der Waals surface area contributed by atoms with Crippen LogP contribution in [0.4, 0.5) is 11.4 Å². The Morgan fingerprint density at radius 2 is 1.75 bits per heavy atom. The van der Waals surface area contributed by atoms with Gasteiger partial charge in [-0.1, -0.05) is 35.3 Å². The van der Waals surface area contributed by atoms with Crippen LogP contribution in [0.25, 0.3) is 0 Å². The van der Waals surface area contributed by atoms with E-state index in [0.29, 0.717) is 33.0 Å². The summed E-state index contributed by atoms with van der Waals surface area (Å²) in [5.74, 6) is 0.535. The summed E-state index contributed by atoms with van der Waals surface area (Å²) in [6.45, 7) is 0.553. The first kappa shape index (κ1) is 25.5. The fourth-order valence-electron chi connectivity index (χ4n) is 3.80. The highest BCUT2D eigenvalue weighted by atomic mass is 35.5. The second kappa shape index (κ2) is 11.4. The maximum absolute atomic E-state index is 12.8. The van der Waals surface area contributed by atoms with E-state index >= 15 is 0 Å². The van der Waals surface area contributed by atoms with E-state index in [9.17, 15) is 9.59 Å². The first-order chi connectivity index (χ1) is 17.4. The fourth-order valence-corrected chi connectivity index (χ4v) is 4.19. The number of benzene rings is 3. The van der Waals surface area contributed by atoms with Crippen molar-refractivity contribution in [3.63, 3.8) is 0 Å². The van der Waals surface area contributed by atoms with Crippen LogP contribution in [-0.4, -0.2) is 32.6 Å². The topological polar surface area (TPSA) is 89.1 Å². The largest absolute Gasteiger partial charge is 0.497 e. The number of carbonyl (C=O) groups excluding carboxylic acids is 2. The van der Waals surface area contributed by atoms with Crippen LogP contribution in [0.5, 0.6) is 17.2 Å². The molecule has 8 nitrogen and oxygen atoms in total. The van der Waals surface area contributed by atoms with Crippen molar-refractivity contribution < 1.29 is 23.8 Å². The summed E-state index contributed by atoms with van der Waals surface area (Å²) in [6, 6.07) is 17.7. The number of methoxy groups -OCH3 is 2. The Balaban J connectivity index is 1.36. The number of hydrogen-bond donors (Lipinski definition) is 2. The lowest BCUT2D eigenvalue weighted by atomic mass is 10.1. The van der Waals surface area contributed by atoms with E-state index in [1.54, 1.807) is 60.5 Å². The molecule has 4 rings (SSSR count). The van der Waals surface area contributed by atoms with Crippen molar-refractivity contribution >= 4 is 46.4 Å². The highest BCUT2D eigenvalue weighted by Gasteiger charge is 2.35. The first-order valence-electron chi connectivity index (χ1n) is 11.1. The van der Waals surface area contributed by atoms with Crippen LogP contribution in [-0.2, 0) is 16.2 Å². The number of hydrogen-bond acceptors (Lipinski definition) is 6. The lowest BCUT2D eigenvalue weighted by Crippen LogP contribution is -2.36. The molecule has 2 amide bonds. The molecule has 2 N–H and O–H groups in total. The predicted molar refractivity (Wildman–Crippen MR) is 139 cm³/mol. The molecule has 188 valence electrons. The van der Waals surface area contributed by atoms with Gasteiger partial charge in [-0.05, 0) is 48.0 Å². The molecule has 1 fully saturated rings. The number of carbonyl (C=O) groups is 2. The zero-order valence-corrected chi connectivity index (χ0v) is 21.2. The van der Waals surface area contributed by atoms with Crippen molar-refractivity contribution in [1.82, 2.24) is 5.43 Å². The molecule has 36 heavy (non-hydrogen) atoms. The van der Waals surface area contributed by atoms with Gasteiger partial charge in [-0.2, -0.15) is 0 Å². The summed E-state index contributed by atoms with van der Waals surface area (Å²) in [4.78, 5) is 26.9. The molecular weight excluding hydrogens is 505 g/mol. The number of anilines is 2. The standard InChI is InChI=1S/C26H25Cl2N3O5/c1-34-21-9-7-20(8-10-21)31-14-17(11-24(31)32)26(33)30-29-19-12-22(28)25(23(13-19)35-2)36-15-16-3-5-18(27)6-4-16/h3-10,12-13,17,29H,11,14-15H2,1-2H3,(H,30,33)/t17-/m1/s1. The fraction of sp³-hybridized carbons (Fsp3) is 0.231. The highest BCUT2D eigenvalue weighted by molar-refractivity contribution is 6.32. The Morgan fingerprint density at radius 3 is 2.42 bits per heavy atom. The van der Waals surface area contributed by atoms with E-state index in [2.05, 4.69) is 10.9 Å². The van der Waals surface area contributed by atoms with Crippen molar-refractivity contribution in [1.29, 1.82) is 0 Å². The van der Waals surface area contributed by atoms with Crippen LogP contribution < -0.4 is 30.0 Å². The van der Waals surface area contributed by atoms with Crippen molar-refractivity contribution in [2.45, 2.75) is 13.0 Å². The van der Waals surface area contributed by atoms with Crippen molar-refractivity contribution in [3.8, 4) is 17.2 Å². The number of nitrogens with zero attached hydrogens (tertiary/aromatic N) is 1. The van der Waals surface area contributed by atoms with E-state index < -0.39 is 5.92 Å². The van der Waals surface area contributed by atoms with E-state index in [4.69, 9.17) is 37.4 Å². The van der Waals surface area contributed by atoms with Gasteiger partial charge in [-0.25, -0.2) is 0 Å². The first-order valence-corrected chi connectivity index (χ1v) is 11.9. The molecule has 1 atom stereocenters. The molecule has 0 bridgehead atoms. The maximum Gasteiger partial charge on any atom is 0.243 e. The Kier molecular flexibility index (Phi) is 8.07. The Morgan fingerprint density at radius 1 is 1.03 bits per heavy atom. The summed E-state index contributed by atoms with van der Waals surface area (Å²) in [5.41, 5.74) is 7.64. The van der Waals surface area contributed by atoms with Gasteiger partial charge in [0.1, 0.15) is 12.4 Å². The van der Waals surface area contributed by atoms with Crippen LogP contribution in [0.15, 0.2) is 60.7 Å². The molecule has 3 aromatic rings. The van der Waals surface area contributed by atoms with Gasteiger partial charge in [0.15, 0.2) is 11.5 Å². The van der Waals surface area contributed by atoms with Crippen molar-refractivity contribution in [3.05, 3.63) is 76.3 Å². The summed E-state index contributed by atoms with van der Waals surface area (Å²) in [7, 11) is 3.08. The minimum absolute atomic E-state index is 0.112. The molecule has 10 heteroatoms. The number of hydrazine groups is 1. The van der Waals surface area contributed by atoms with E-state index in [-0.39, 0.29) is 31.4 Å². The van der Waals surface area contributed by atoms with Gasteiger partial charge in [0.25, 0.3) is 0 Å². The van der Waals surface area contributed by atoms with Gasteiger partial charge in [0, 0.05) is 29.7 Å². The quantitative estimate of drug-likeness (QED) is 0.375. The van der Waals surface area contributed by atoms with Gasteiger partial charge in [-0.3, -0.25) is 20.4 Å². The smallest absolute Gasteiger partial charge is 0.243 e. The molecule has 1 heterocycles. The predicted octanol–water partition coefficient (Wildman–Crippen LogP) is 5.09. The summed E-state index contributed by atoms with van der Waals surface area (Å²) >= 11 is 12.4. The second-order valence-electron chi connectivity index (χ2n) is 8.12. The van der Waals surface area contributed by atoms with Crippen LogP contribution in [0, 0.1) is 5.92 Å². The highest BCUT2D eigenvalue weighted by Crippen LogP contribution is 2.38. The third kappa shape index (κ3) is 5.95. The minimum atomic E-state index is -0.508. The third-order valence-corrected chi connectivity index (χ3v) is 6.27. The Labute approximate surface area is 219 Å². The monoisotopic (exact) mass is 529 g/mol. The summed E-state index contributed by atoms with van der Waals surface area (Å²) in [5, 5.41) is 0.948. The van der Waals surface area contributed by atoms with Gasteiger partial charge >= 0.3 is 0 Å². The van der Waals surface area contributed by atoms with E-state index in [1.165, 1.54) is 7.11 Å². The van der Waals surface area contributed by atoms with Crippen LogP contribution >= 0.6 is 23.2 Å². The Hall–Kier alpha value is -3.62. The van der Waals surface area contributed by atoms with Gasteiger partial charge in [-0.15, -0.1) is 0 Å². The summed E-state index contributed by atoms with van der Waals surface area (Å²) < 4.78 is 16.4. The number of nitrogens with one attached hydrogen (secondary N) is 2. The average molecular weight is 530 g/mol. The van der Waals surface area contributed by atoms with Gasteiger partial charge < -0.3 is 19.1 Å². The molecule has 0 radical (unpaired) electrons. The van der Waals surface area contributed by atoms with Crippen molar-refractivity contribution in [2.75, 3.05) is 31.1 Å². The molecular formula is C26H25Cl2N3O5. The molecule has 0 unspecified atom stereocenters. The second-order valence-corrected chi connectivity index (χ2v) is 8.97. The van der Waals surface area contributed by atoms with Crippen LogP contribution in [0.3, 0.4) is 0 Å².